The van der Waals surface area contributed by atoms with E-state index in [1.807, 2.05) is 20.2 Å². The number of allylic oxidation sites excluding steroid dienone is 1. The predicted molar refractivity (Wildman–Crippen MR) is 74.1 cm³/mol. The number of nitrogens with one attached hydrogen (secondary N) is 1. The molecular formula is C14H21N3O. The van der Waals surface area contributed by atoms with Crippen LogP contribution in [-0.2, 0) is 4.74 Å². The summed E-state index contributed by atoms with van der Waals surface area (Å²) in [7, 11) is 4.06. The van der Waals surface area contributed by atoms with E-state index in [-0.39, 0.29) is 6.04 Å². The lowest BCUT2D eigenvalue weighted by molar-refractivity contribution is 0.168. The van der Waals surface area contributed by atoms with Gasteiger partial charge in [0.15, 0.2) is 0 Å². The van der Waals surface area contributed by atoms with E-state index in [9.17, 15) is 0 Å². The number of hydrogen-bond acceptors (Lipinski definition) is 4. The van der Waals surface area contributed by atoms with Gasteiger partial charge in [-0.1, -0.05) is 12.1 Å². The van der Waals surface area contributed by atoms with E-state index in [1.165, 1.54) is 0 Å². The molecule has 1 aliphatic rings. The Hall–Kier alpha value is -1.52. The monoisotopic (exact) mass is 247 g/mol. The van der Waals surface area contributed by atoms with Crippen LogP contribution in [0.15, 0.2) is 36.1 Å². The molecule has 18 heavy (non-hydrogen) atoms. The van der Waals surface area contributed by atoms with E-state index in [4.69, 9.17) is 10.6 Å². The van der Waals surface area contributed by atoms with Crippen LogP contribution in [0.4, 0.5) is 5.69 Å². The molecule has 2 rings (SSSR count). The van der Waals surface area contributed by atoms with Crippen LogP contribution in [0, 0.1) is 0 Å². The molecule has 0 amide bonds. The fourth-order valence-corrected chi connectivity index (χ4v) is 2.10. The third-order valence-corrected chi connectivity index (χ3v) is 3.13. The number of benzene rings is 1. The average Bonchev–Trinajstić information content (AvgIpc) is 2.41. The van der Waals surface area contributed by atoms with Crippen LogP contribution in [0.1, 0.15) is 24.4 Å². The molecule has 1 aromatic carbocycles. The topological polar surface area (TPSA) is 50.5 Å². The minimum atomic E-state index is -0.0646. The minimum Gasteiger partial charge on any atom is -0.496 e. The molecule has 0 radical (unpaired) electrons. The third kappa shape index (κ3) is 2.83. The van der Waals surface area contributed by atoms with Crippen LogP contribution >= 0.6 is 0 Å². The van der Waals surface area contributed by atoms with Gasteiger partial charge in [-0.25, -0.2) is 5.43 Å². The van der Waals surface area contributed by atoms with E-state index in [0.29, 0.717) is 0 Å². The number of nitrogens with zero attached hydrogens (tertiary/aromatic N) is 1. The summed E-state index contributed by atoms with van der Waals surface area (Å²) >= 11 is 0. The first kappa shape index (κ1) is 12.9. The Morgan fingerprint density at radius 3 is 2.83 bits per heavy atom. The molecule has 1 aliphatic heterocycles. The quantitative estimate of drug-likeness (QED) is 0.631. The Morgan fingerprint density at radius 2 is 2.22 bits per heavy atom. The molecule has 0 bridgehead atoms. The van der Waals surface area contributed by atoms with Crippen molar-refractivity contribution in [2.75, 3.05) is 25.6 Å². The maximum atomic E-state index is 5.69. The number of ether oxygens (including phenoxy) is 1. The van der Waals surface area contributed by atoms with Crippen LogP contribution in [0.3, 0.4) is 0 Å². The van der Waals surface area contributed by atoms with Crippen LogP contribution in [0.5, 0.6) is 0 Å². The largest absolute Gasteiger partial charge is 0.496 e. The lowest BCUT2D eigenvalue weighted by atomic mass is 10.0. The summed E-state index contributed by atoms with van der Waals surface area (Å²) in [6.45, 7) is 0.775. The fourth-order valence-electron chi connectivity index (χ4n) is 2.10. The number of hydrogen-bond donors (Lipinski definition) is 2. The number of anilines is 1. The number of hydrazine groups is 1. The van der Waals surface area contributed by atoms with Crippen molar-refractivity contribution in [1.82, 2.24) is 5.43 Å². The predicted octanol–water partition coefficient (Wildman–Crippen LogP) is 1.95. The van der Waals surface area contributed by atoms with Crippen molar-refractivity contribution in [3.05, 3.63) is 41.7 Å². The zero-order chi connectivity index (χ0) is 13.0. The molecule has 0 saturated heterocycles. The summed E-state index contributed by atoms with van der Waals surface area (Å²) in [5.41, 5.74) is 5.12. The molecule has 0 aliphatic carbocycles. The van der Waals surface area contributed by atoms with Gasteiger partial charge in [-0.3, -0.25) is 5.84 Å². The fraction of sp³-hybridized carbons (Fsp3) is 0.429. The van der Waals surface area contributed by atoms with Crippen LogP contribution in [0.25, 0.3) is 0 Å². The maximum Gasteiger partial charge on any atom is 0.115 e. The maximum absolute atomic E-state index is 5.69. The van der Waals surface area contributed by atoms with E-state index < -0.39 is 0 Å². The average molecular weight is 247 g/mol. The van der Waals surface area contributed by atoms with Crippen LogP contribution < -0.4 is 16.2 Å². The highest BCUT2D eigenvalue weighted by Gasteiger charge is 2.18. The van der Waals surface area contributed by atoms with Gasteiger partial charge in [0.05, 0.1) is 6.61 Å². The van der Waals surface area contributed by atoms with Crippen molar-refractivity contribution in [3.63, 3.8) is 0 Å². The Bertz CT molecular complexity index is 429. The summed E-state index contributed by atoms with van der Waals surface area (Å²) in [4.78, 5) is 2.08. The van der Waals surface area contributed by atoms with Gasteiger partial charge in [0.25, 0.3) is 0 Å². The van der Waals surface area contributed by atoms with Gasteiger partial charge in [-0.15, -0.1) is 0 Å². The molecule has 1 heterocycles. The van der Waals surface area contributed by atoms with Crippen molar-refractivity contribution in [2.45, 2.75) is 18.9 Å². The molecule has 4 nitrogen and oxygen atoms in total. The van der Waals surface area contributed by atoms with Gasteiger partial charge in [0.1, 0.15) is 11.8 Å². The Morgan fingerprint density at radius 1 is 1.39 bits per heavy atom. The lowest BCUT2D eigenvalue weighted by Gasteiger charge is -2.24. The van der Waals surface area contributed by atoms with Crippen molar-refractivity contribution in [2.24, 2.45) is 5.84 Å². The summed E-state index contributed by atoms with van der Waals surface area (Å²) in [6.07, 6.45) is 4.26. The van der Waals surface area contributed by atoms with Crippen molar-refractivity contribution in [3.8, 4) is 0 Å². The lowest BCUT2D eigenvalue weighted by Crippen LogP contribution is -2.31. The number of rotatable bonds is 4. The molecular weight excluding hydrogens is 226 g/mol. The van der Waals surface area contributed by atoms with Crippen LogP contribution in [-0.4, -0.2) is 20.7 Å². The SMILES string of the molecule is CN(C)c1cccc(C(NN)C2=CCCCO2)c1. The van der Waals surface area contributed by atoms with Gasteiger partial charge in [-0.05, 0) is 36.6 Å². The molecule has 1 aromatic rings. The van der Waals surface area contributed by atoms with Gasteiger partial charge >= 0.3 is 0 Å². The molecule has 0 spiro atoms. The van der Waals surface area contributed by atoms with Crippen LogP contribution in [0.2, 0.25) is 0 Å². The summed E-state index contributed by atoms with van der Waals surface area (Å²) in [6, 6.07) is 8.25. The zero-order valence-electron chi connectivity index (χ0n) is 11.0. The first-order valence-corrected chi connectivity index (χ1v) is 6.28. The highest BCUT2D eigenvalue weighted by atomic mass is 16.5. The third-order valence-electron chi connectivity index (χ3n) is 3.13. The van der Waals surface area contributed by atoms with E-state index in [1.54, 1.807) is 0 Å². The summed E-state index contributed by atoms with van der Waals surface area (Å²) in [5.74, 6) is 6.61. The first-order chi connectivity index (χ1) is 8.72. The minimum absolute atomic E-state index is 0.0646. The normalized spacial score (nSPS) is 16.7. The zero-order valence-corrected chi connectivity index (χ0v) is 11.0. The Balaban J connectivity index is 2.26. The molecule has 4 heteroatoms. The first-order valence-electron chi connectivity index (χ1n) is 6.28. The number of nitrogens with two attached hydrogens (primary N) is 1. The van der Waals surface area contributed by atoms with E-state index >= 15 is 0 Å². The molecule has 0 saturated carbocycles. The van der Waals surface area contributed by atoms with E-state index in [0.717, 1.165) is 36.5 Å². The highest BCUT2D eigenvalue weighted by molar-refractivity contribution is 5.48. The molecule has 98 valence electrons. The molecule has 1 atom stereocenters. The van der Waals surface area contributed by atoms with Gasteiger partial charge in [-0.2, -0.15) is 0 Å². The second-order valence-electron chi connectivity index (χ2n) is 4.69. The molecule has 1 unspecified atom stereocenters. The second-order valence-corrected chi connectivity index (χ2v) is 4.69. The van der Waals surface area contributed by atoms with E-state index in [2.05, 4.69) is 34.6 Å². The van der Waals surface area contributed by atoms with Gasteiger partial charge < -0.3 is 9.64 Å². The second kappa shape index (κ2) is 5.89. The van der Waals surface area contributed by atoms with Gasteiger partial charge in [0, 0.05) is 19.8 Å². The molecule has 0 fully saturated rings. The summed E-state index contributed by atoms with van der Waals surface area (Å²) in [5, 5.41) is 0. The highest BCUT2D eigenvalue weighted by Crippen LogP contribution is 2.27. The smallest absolute Gasteiger partial charge is 0.115 e. The van der Waals surface area contributed by atoms with Crippen molar-refractivity contribution in [1.29, 1.82) is 0 Å². The Labute approximate surface area is 108 Å². The van der Waals surface area contributed by atoms with Crippen molar-refractivity contribution < 1.29 is 4.74 Å². The summed E-state index contributed by atoms with van der Waals surface area (Å²) < 4.78 is 5.69. The molecule has 0 aromatic heterocycles. The Kier molecular flexibility index (Phi) is 4.23. The molecule has 3 N–H and O–H groups in total. The standard InChI is InChI=1S/C14H21N3O/c1-17(2)12-7-5-6-11(10-12)14(16-15)13-8-3-4-9-18-13/h5-8,10,14,16H,3-4,9,15H2,1-2H3. The van der Waals surface area contributed by atoms with Crippen molar-refractivity contribution >= 4 is 5.69 Å². The van der Waals surface area contributed by atoms with Gasteiger partial charge in [0.2, 0.25) is 0 Å².